The largest absolute Gasteiger partial charge is 0.486 e. The van der Waals surface area contributed by atoms with Gasteiger partial charge in [0.05, 0.1) is 12.9 Å². The summed E-state index contributed by atoms with van der Waals surface area (Å²) in [5.41, 5.74) is 2.23. The number of furan rings is 1. The summed E-state index contributed by atoms with van der Waals surface area (Å²) in [4.78, 5) is 0. The number of ether oxygens (including phenoxy) is 2. The Morgan fingerprint density at radius 1 is 1.14 bits per heavy atom. The zero-order valence-corrected chi connectivity index (χ0v) is 12.9. The van der Waals surface area contributed by atoms with Crippen molar-refractivity contribution in [3.63, 3.8) is 0 Å². The molecule has 0 aliphatic heterocycles. The zero-order chi connectivity index (χ0) is 15.1. The molecule has 1 aromatic heterocycles. The highest BCUT2D eigenvalue weighted by Crippen LogP contribution is 2.17. The average Bonchev–Trinajstić information content (AvgIpc) is 2.92. The van der Waals surface area contributed by atoms with Crippen LogP contribution in [-0.2, 0) is 24.5 Å². The lowest BCUT2D eigenvalue weighted by atomic mass is 10.2. The minimum atomic E-state index is 0.429. The molecule has 0 fully saturated rings. The maximum Gasteiger partial charge on any atom is 0.146 e. The van der Waals surface area contributed by atoms with Crippen LogP contribution in [0.25, 0.3) is 0 Å². The minimum Gasteiger partial charge on any atom is -0.486 e. The van der Waals surface area contributed by atoms with Gasteiger partial charge in [0.25, 0.3) is 0 Å². The third-order valence-corrected chi connectivity index (χ3v) is 3.01. The molecule has 0 radical (unpaired) electrons. The van der Waals surface area contributed by atoms with Crippen molar-refractivity contribution in [3.05, 3.63) is 53.5 Å². The first-order valence-electron chi connectivity index (χ1n) is 7.17. The Bertz CT molecular complexity index is 548. The Hall–Kier alpha value is -1.78. The molecule has 114 valence electrons. The number of hydrogen-bond donors (Lipinski definition) is 1. The predicted molar refractivity (Wildman–Crippen MR) is 82.2 cm³/mol. The lowest BCUT2D eigenvalue weighted by molar-refractivity contribution is 0.184. The molecule has 2 aromatic rings. The summed E-state index contributed by atoms with van der Waals surface area (Å²) < 4.78 is 16.4. The van der Waals surface area contributed by atoms with Gasteiger partial charge in [-0.15, -0.1) is 0 Å². The Balaban J connectivity index is 1.86. The summed E-state index contributed by atoms with van der Waals surface area (Å²) in [5.74, 6) is 1.65. The maximum atomic E-state index is 5.75. The molecule has 1 heterocycles. The standard InChI is InChI=1S/C17H23NO3/c1-13(2)18-9-15-8-17(20-11-15)12-21-16-6-4-5-14(7-16)10-19-3/h4-8,11,13,18H,9-10,12H2,1-3H3. The van der Waals surface area contributed by atoms with E-state index in [4.69, 9.17) is 13.9 Å². The van der Waals surface area contributed by atoms with Crippen molar-refractivity contribution in [1.29, 1.82) is 0 Å². The highest BCUT2D eigenvalue weighted by molar-refractivity contribution is 5.28. The number of hydrogen-bond acceptors (Lipinski definition) is 4. The second-order valence-electron chi connectivity index (χ2n) is 5.33. The van der Waals surface area contributed by atoms with E-state index < -0.39 is 0 Å². The fourth-order valence-electron chi connectivity index (χ4n) is 1.96. The van der Waals surface area contributed by atoms with Gasteiger partial charge in [-0.2, -0.15) is 0 Å². The molecule has 1 N–H and O–H groups in total. The second-order valence-corrected chi connectivity index (χ2v) is 5.33. The smallest absolute Gasteiger partial charge is 0.146 e. The van der Waals surface area contributed by atoms with Gasteiger partial charge in [0, 0.05) is 25.3 Å². The van der Waals surface area contributed by atoms with Gasteiger partial charge in [0.1, 0.15) is 18.1 Å². The van der Waals surface area contributed by atoms with Crippen molar-refractivity contribution in [2.75, 3.05) is 7.11 Å². The van der Waals surface area contributed by atoms with Crippen LogP contribution in [0.15, 0.2) is 41.0 Å². The Morgan fingerprint density at radius 2 is 2.00 bits per heavy atom. The van der Waals surface area contributed by atoms with Crippen molar-refractivity contribution < 1.29 is 13.9 Å². The van der Waals surface area contributed by atoms with Crippen LogP contribution < -0.4 is 10.1 Å². The van der Waals surface area contributed by atoms with Crippen LogP contribution in [-0.4, -0.2) is 13.2 Å². The van der Waals surface area contributed by atoms with Crippen LogP contribution in [0.2, 0.25) is 0 Å². The maximum absolute atomic E-state index is 5.75. The van der Waals surface area contributed by atoms with Crippen LogP contribution >= 0.6 is 0 Å². The van der Waals surface area contributed by atoms with Gasteiger partial charge in [-0.3, -0.25) is 0 Å². The van der Waals surface area contributed by atoms with E-state index >= 15 is 0 Å². The van der Waals surface area contributed by atoms with Crippen molar-refractivity contribution in [3.8, 4) is 5.75 Å². The summed E-state index contributed by atoms with van der Waals surface area (Å²) in [6.07, 6.45) is 1.77. The summed E-state index contributed by atoms with van der Waals surface area (Å²) in [6, 6.07) is 10.4. The number of benzene rings is 1. The molecule has 0 aliphatic carbocycles. The van der Waals surface area contributed by atoms with Crippen molar-refractivity contribution in [1.82, 2.24) is 5.32 Å². The van der Waals surface area contributed by atoms with Gasteiger partial charge in [0.2, 0.25) is 0 Å². The molecule has 0 atom stereocenters. The molecule has 0 saturated heterocycles. The van der Waals surface area contributed by atoms with E-state index in [1.54, 1.807) is 13.4 Å². The molecule has 4 heteroatoms. The SMILES string of the molecule is COCc1cccc(OCc2cc(CNC(C)C)co2)c1. The zero-order valence-electron chi connectivity index (χ0n) is 12.9. The van der Waals surface area contributed by atoms with Crippen LogP contribution in [0.5, 0.6) is 5.75 Å². The highest BCUT2D eigenvalue weighted by Gasteiger charge is 2.04. The monoisotopic (exact) mass is 289 g/mol. The molecule has 0 unspecified atom stereocenters. The molecule has 21 heavy (non-hydrogen) atoms. The first-order chi connectivity index (χ1) is 10.2. The van der Waals surface area contributed by atoms with E-state index in [0.717, 1.165) is 29.2 Å². The van der Waals surface area contributed by atoms with E-state index in [9.17, 15) is 0 Å². The quantitative estimate of drug-likeness (QED) is 0.807. The number of methoxy groups -OCH3 is 1. The lowest BCUT2D eigenvalue weighted by Gasteiger charge is -2.06. The van der Waals surface area contributed by atoms with E-state index in [0.29, 0.717) is 19.3 Å². The lowest BCUT2D eigenvalue weighted by Crippen LogP contribution is -2.21. The van der Waals surface area contributed by atoms with Gasteiger partial charge < -0.3 is 19.2 Å². The first-order valence-corrected chi connectivity index (χ1v) is 7.17. The van der Waals surface area contributed by atoms with Crippen LogP contribution in [0, 0.1) is 0 Å². The molecule has 0 amide bonds. The predicted octanol–water partition coefficient (Wildman–Crippen LogP) is 3.50. The second kappa shape index (κ2) is 7.86. The van der Waals surface area contributed by atoms with Crippen LogP contribution in [0.3, 0.4) is 0 Å². The molecule has 0 bridgehead atoms. The topological polar surface area (TPSA) is 43.6 Å². The molecule has 4 nitrogen and oxygen atoms in total. The number of nitrogens with one attached hydrogen (secondary N) is 1. The molecule has 1 aromatic carbocycles. The van der Waals surface area contributed by atoms with Crippen LogP contribution in [0.4, 0.5) is 0 Å². The van der Waals surface area contributed by atoms with Gasteiger partial charge in [-0.05, 0) is 23.8 Å². The van der Waals surface area contributed by atoms with E-state index in [1.807, 2.05) is 30.3 Å². The highest BCUT2D eigenvalue weighted by atomic mass is 16.5. The summed E-state index contributed by atoms with van der Waals surface area (Å²) in [5, 5.41) is 3.36. The minimum absolute atomic E-state index is 0.429. The fraction of sp³-hybridized carbons (Fsp3) is 0.412. The third-order valence-electron chi connectivity index (χ3n) is 3.01. The Kier molecular flexibility index (Phi) is 5.84. The third kappa shape index (κ3) is 5.25. The molecule has 0 aliphatic rings. The normalized spacial score (nSPS) is 11.0. The van der Waals surface area contributed by atoms with Crippen LogP contribution in [0.1, 0.15) is 30.7 Å². The fourth-order valence-corrected chi connectivity index (χ4v) is 1.96. The van der Waals surface area contributed by atoms with E-state index in [2.05, 4.69) is 19.2 Å². The average molecular weight is 289 g/mol. The molecule has 0 spiro atoms. The van der Waals surface area contributed by atoms with E-state index in [1.165, 1.54) is 0 Å². The summed E-state index contributed by atoms with van der Waals surface area (Å²) in [6.45, 7) is 6.07. The van der Waals surface area contributed by atoms with Gasteiger partial charge >= 0.3 is 0 Å². The summed E-state index contributed by atoms with van der Waals surface area (Å²) >= 11 is 0. The van der Waals surface area contributed by atoms with Crippen molar-refractivity contribution in [2.24, 2.45) is 0 Å². The van der Waals surface area contributed by atoms with Gasteiger partial charge in [-0.1, -0.05) is 26.0 Å². The molecule has 0 saturated carbocycles. The first kappa shape index (κ1) is 15.6. The molecule has 2 rings (SSSR count). The Labute approximate surface area is 126 Å². The van der Waals surface area contributed by atoms with Crippen molar-refractivity contribution in [2.45, 2.75) is 39.6 Å². The molecular weight excluding hydrogens is 266 g/mol. The van der Waals surface area contributed by atoms with Gasteiger partial charge in [-0.25, -0.2) is 0 Å². The van der Waals surface area contributed by atoms with Gasteiger partial charge in [0.15, 0.2) is 0 Å². The molecular formula is C17H23NO3. The number of rotatable bonds is 8. The van der Waals surface area contributed by atoms with Crippen molar-refractivity contribution >= 4 is 0 Å². The Morgan fingerprint density at radius 3 is 2.76 bits per heavy atom. The summed E-state index contributed by atoms with van der Waals surface area (Å²) in [7, 11) is 1.68. The van der Waals surface area contributed by atoms with E-state index in [-0.39, 0.29) is 0 Å².